The molecule has 1 unspecified atom stereocenters. The molecular formula is C25H32BrClN2O3. The monoisotopic (exact) mass is 522 g/mol. The Hall–Kier alpha value is -2.05. The fourth-order valence-electron chi connectivity index (χ4n) is 3.40. The summed E-state index contributed by atoms with van der Waals surface area (Å²) in [4.78, 5) is 27.9. The van der Waals surface area contributed by atoms with Crippen molar-refractivity contribution in [3.8, 4) is 5.75 Å². The number of benzene rings is 2. The lowest BCUT2D eigenvalue weighted by molar-refractivity contribution is -0.143. The molecule has 2 aromatic carbocycles. The molecule has 1 N–H and O–H groups in total. The summed E-state index contributed by atoms with van der Waals surface area (Å²) in [5.41, 5.74) is 2.42. The van der Waals surface area contributed by atoms with Crippen LogP contribution in [0.3, 0.4) is 0 Å². The number of amides is 2. The molecule has 0 saturated carbocycles. The van der Waals surface area contributed by atoms with Crippen LogP contribution >= 0.6 is 27.5 Å². The van der Waals surface area contributed by atoms with Gasteiger partial charge in [-0.25, -0.2) is 0 Å². The van der Waals surface area contributed by atoms with Gasteiger partial charge in [-0.3, -0.25) is 9.59 Å². The SMILES string of the molecule is CCC(C(=O)NC(C)(C)C)N(Cc1ccccc1Cl)C(=O)COc1cc(C)c(Br)c(C)c1. The summed E-state index contributed by atoms with van der Waals surface area (Å²) in [5.74, 6) is 0.135. The highest BCUT2D eigenvalue weighted by Crippen LogP contribution is 2.26. The zero-order valence-corrected chi connectivity index (χ0v) is 21.9. The normalized spacial score (nSPS) is 12.2. The molecule has 2 aromatic rings. The molecule has 0 saturated heterocycles. The van der Waals surface area contributed by atoms with Crippen LogP contribution in [0.4, 0.5) is 0 Å². The van der Waals surface area contributed by atoms with Gasteiger partial charge in [-0.15, -0.1) is 0 Å². The lowest BCUT2D eigenvalue weighted by Gasteiger charge is -2.33. The summed E-state index contributed by atoms with van der Waals surface area (Å²) >= 11 is 9.90. The summed E-state index contributed by atoms with van der Waals surface area (Å²) in [6.07, 6.45) is 0.467. The van der Waals surface area contributed by atoms with Crippen LogP contribution in [-0.4, -0.2) is 34.9 Å². The fraction of sp³-hybridized carbons (Fsp3) is 0.440. The van der Waals surface area contributed by atoms with Gasteiger partial charge in [0.05, 0.1) is 0 Å². The third-order valence-electron chi connectivity index (χ3n) is 4.95. The number of hydrogen-bond acceptors (Lipinski definition) is 3. The molecule has 0 radical (unpaired) electrons. The molecule has 0 fully saturated rings. The number of hydrogen-bond donors (Lipinski definition) is 1. The van der Waals surface area contributed by atoms with Crippen molar-refractivity contribution >= 4 is 39.3 Å². The average molecular weight is 524 g/mol. The van der Waals surface area contributed by atoms with Crippen molar-refractivity contribution in [1.82, 2.24) is 10.2 Å². The zero-order valence-electron chi connectivity index (χ0n) is 19.6. The Bertz CT molecular complexity index is 949. The summed E-state index contributed by atoms with van der Waals surface area (Å²) in [5, 5.41) is 3.54. The van der Waals surface area contributed by atoms with Crippen LogP contribution in [0.15, 0.2) is 40.9 Å². The number of aryl methyl sites for hydroxylation is 2. The Balaban J connectivity index is 2.28. The highest BCUT2D eigenvalue weighted by Gasteiger charge is 2.31. The van der Waals surface area contributed by atoms with E-state index in [1.54, 1.807) is 11.0 Å². The minimum Gasteiger partial charge on any atom is -0.484 e. The van der Waals surface area contributed by atoms with Crippen molar-refractivity contribution in [2.75, 3.05) is 6.61 Å². The van der Waals surface area contributed by atoms with E-state index in [1.807, 2.05) is 71.9 Å². The van der Waals surface area contributed by atoms with Gasteiger partial charge in [-0.1, -0.05) is 52.7 Å². The number of ether oxygens (including phenoxy) is 1. The van der Waals surface area contributed by atoms with Crippen LogP contribution in [0.2, 0.25) is 5.02 Å². The third kappa shape index (κ3) is 7.24. The fourth-order valence-corrected chi connectivity index (χ4v) is 3.82. The van der Waals surface area contributed by atoms with Crippen molar-refractivity contribution in [2.45, 2.75) is 66.1 Å². The van der Waals surface area contributed by atoms with Crippen LogP contribution in [0.25, 0.3) is 0 Å². The van der Waals surface area contributed by atoms with Crippen molar-refractivity contribution < 1.29 is 14.3 Å². The van der Waals surface area contributed by atoms with Crippen LogP contribution < -0.4 is 10.1 Å². The smallest absolute Gasteiger partial charge is 0.261 e. The highest BCUT2D eigenvalue weighted by molar-refractivity contribution is 9.10. The van der Waals surface area contributed by atoms with E-state index >= 15 is 0 Å². The van der Waals surface area contributed by atoms with Crippen LogP contribution in [0, 0.1) is 13.8 Å². The molecule has 2 amide bonds. The quantitative estimate of drug-likeness (QED) is 0.474. The molecule has 32 heavy (non-hydrogen) atoms. The van der Waals surface area contributed by atoms with Crippen molar-refractivity contribution in [3.05, 3.63) is 62.6 Å². The van der Waals surface area contributed by atoms with E-state index < -0.39 is 11.6 Å². The number of nitrogens with one attached hydrogen (secondary N) is 1. The molecule has 0 bridgehead atoms. The van der Waals surface area contributed by atoms with Gasteiger partial charge < -0.3 is 15.0 Å². The second-order valence-electron chi connectivity index (χ2n) is 8.94. The summed E-state index contributed by atoms with van der Waals surface area (Å²) in [7, 11) is 0. The molecule has 5 nitrogen and oxygen atoms in total. The molecule has 0 heterocycles. The predicted octanol–water partition coefficient (Wildman–Crippen LogP) is 5.82. The first-order chi connectivity index (χ1) is 14.9. The minimum absolute atomic E-state index is 0.176. The number of carbonyl (C=O) groups is 2. The summed E-state index contributed by atoms with van der Waals surface area (Å²) < 4.78 is 6.85. The minimum atomic E-state index is -0.644. The number of halogens is 2. The van der Waals surface area contributed by atoms with Gasteiger partial charge in [0.15, 0.2) is 6.61 Å². The van der Waals surface area contributed by atoms with Gasteiger partial charge in [-0.2, -0.15) is 0 Å². The summed E-state index contributed by atoms with van der Waals surface area (Å²) in [6, 6.07) is 10.5. The van der Waals surface area contributed by atoms with Gasteiger partial charge in [0, 0.05) is 21.6 Å². The Labute approximate surface area is 204 Å². The van der Waals surface area contributed by atoms with E-state index in [0.717, 1.165) is 21.2 Å². The standard InChI is InChI=1S/C25H32BrClN2O3/c1-7-21(24(31)28-25(4,5)6)29(14-18-10-8-9-11-20(18)27)22(30)15-32-19-12-16(2)23(26)17(3)13-19/h8-13,21H,7,14-15H2,1-6H3,(H,28,31). The molecule has 0 aliphatic carbocycles. The van der Waals surface area contributed by atoms with Crippen LogP contribution in [0.1, 0.15) is 50.8 Å². The van der Waals surface area contributed by atoms with Gasteiger partial charge >= 0.3 is 0 Å². The van der Waals surface area contributed by atoms with E-state index in [1.165, 1.54) is 0 Å². The first kappa shape index (κ1) is 26.2. The van der Waals surface area contributed by atoms with E-state index in [2.05, 4.69) is 21.2 Å². The molecule has 0 spiro atoms. The molecule has 1 atom stereocenters. The lowest BCUT2D eigenvalue weighted by Crippen LogP contribution is -2.54. The Morgan fingerprint density at radius 3 is 2.28 bits per heavy atom. The van der Waals surface area contributed by atoms with Gasteiger partial charge in [0.2, 0.25) is 5.91 Å². The molecule has 0 aliphatic rings. The molecule has 174 valence electrons. The number of nitrogens with zero attached hydrogens (tertiary/aromatic N) is 1. The van der Waals surface area contributed by atoms with Gasteiger partial charge in [0.1, 0.15) is 11.8 Å². The number of carbonyl (C=O) groups excluding carboxylic acids is 2. The maximum Gasteiger partial charge on any atom is 0.261 e. The zero-order chi connectivity index (χ0) is 24.1. The second-order valence-corrected chi connectivity index (χ2v) is 10.1. The van der Waals surface area contributed by atoms with Crippen LogP contribution in [-0.2, 0) is 16.1 Å². The van der Waals surface area contributed by atoms with E-state index in [0.29, 0.717) is 17.2 Å². The molecule has 0 aliphatic heterocycles. The Morgan fingerprint density at radius 1 is 1.16 bits per heavy atom. The van der Waals surface area contributed by atoms with Gasteiger partial charge in [-0.05, 0) is 75.9 Å². The van der Waals surface area contributed by atoms with E-state index in [4.69, 9.17) is 16.3 Å². The highest BCUT2D eigenvalue weighted by atomic mass is 79.9. The average Bonchev–Trinajstić information content (AvgIpc) is 2.70. The Morgan fingerprint density at radius 2 is 1.75 bits per heavy atom. The Kier molecular flexibility index (Phi) is 9.17. The number of rotatable bonds is 8. The van der Waals surface area contributed by atoms with E-state index in [-0.39, 0.29) is 25.0 Å². The molecular weight excluding hydrogens is 492 g/mol. The largest absolute Gasteiger partial charge is 0.484 e. The maximum absolute atomic E-state index is 13.3. The first-order valence-corrected chi connectivity index (χ1v) is 11.8. The predicted molar refractivity (Wildman–Crippen MR) is 133 cm³/mol. The van der Waals surface area contributed by atoms with Crippen molar-refractivity contribution in [3.63, 3.8) is 0 Å². The van der Waals surface area contributed by atoms with Gasteiger partial charge in [0.25, 0.3) is 5.91 Å². The first-order valence-electron chi connectivity index (χ1n) is 10.7. The van der Waals surface area contributed by atoms with Crippen molar-refractivity contribution in [2.24, 2.45) is 0 Å². The van der Waals surface area contributed by atoms with Crippen LogP contribution in [0.5, 0.6) is 5.75 Å². The molecule has 2 rings (SSSR count). The third-order valence-corrected chi connectivity index (χ3v) is 6.57. The van der Waals surface area contributed by atoms with E-state index in [9.17, 15) is 9.59 Å². The maximum atomic E-state index is 13.3. The molecule has 7 heteroatoms. The van der Waals surface area contributed by atoms with Crippen molar-refractivity contribution in [1.29, 1.82) is 0 Å². The lowest BCUT2D eigenvalue weighted by atomic mass is 10.1. The topological polar surface area (TPSA) is 58.6 Å². The second kappa shape index (κ2) is 11.2. The molecule has 0 aromatic heterocycles. The summed E-state index contributed by atoms with van der Waals surface area (Å²) in [6.45, 7) is 11.6.